The largest absolute Gasteiger partial charge is 0.444 e. The first kappa shape index (κ1) is 14.8. The molecule has 1 saturated heterocycles. The van der Waals surface area contributed by atoms with Gasteiger partial charge >= 0.3 is 6.09 Å². The molecule has 1 heterocycles. The molecule has 2 amide bonds. The zero-order chi connectivity index (χ0) is 13.8. The first-order valence-corrected chi connectivity index (χ1v) is 6.56. The molecule has 1 unspecified atom stereocenters. The molecule has 0 aromatic carbocycles. The van der Waals surface area contributed by atoms with Gasteiger partial charge in [0.1, 0.15) is 5.60 Å². The van der Waals surface area contributed by atoms with Crippen LogP contribution in [0.15, 0.2) is 0 Å². The van der Waals surface area contributed by atoms with Crippen LogP contribution in [0.1, 0.15) is 47.0 Å². The summed E-state index contributed by atoms with van der Waals surface area (Å²) >= 11 is 0. The molecule has 1 aliphatic rings. The summed E-state index contributed by atoms with van der Waals surface area (Å²) in [6.07, 6.45) is 2.02. The van der Waals surface area contributed by atoms with Crippen LogP contribution in [0.4, 0.5) is 4.79 Å². The molecule has 1 fully saturated rings. The predicted octanol–water partition coefficient (Wildman–Crippen LogP) is 1.91. The summed E-state index contributed by atoms with van der Waals surface area (Å²) in [6.45, 7) is 8.66. The first-order valence-electron chi connectivity index (χ1n) is 6.56. The Labute approximate surface area is 109 Å². The molecule has 0 bridgehead atoms. The van der Waals surface area contributed by atoms with Gasteiger partial charge in [0, 0.05) is 25.6 Å². The Kier molecular flexibility index (Phi) is 4.99. The third kappa shape index (κ3) is 4.94. The van der Waals surface area contributed by atoms with Crippen LogP contribution in [0.5, 0.6) is 0 Å². The SMILES string of the molecule is CC1CCCN1C(=O)CCNC(=O)OC(C)(C)C. The average molecular weight is 256 g/mol. The number of ether oxygens (including phenoxy) is 1. The van der Waals surface area contributed by atoms with E-state index < -0.39 is 11.7 Å². The number of hydrogen-bond acceptors (Lipinski definition) is 3. The summed E-state index contributed by atoms with van der Waals surface area (Å²) in [5, 5.41) is 2.60. The van der Waals surface area contributed by atoms with Crippen molar-refractivity contribution in [3.8, 4) is 0 Å². The number of nitrogens with zero attached hydrogens (tertiary/aromatic N) is 1. The van der Waals surface area contributed by atoms with Gasteiger partial charge in [0.2, 0.25) is 5.91 Å². The molecule has 0 spiro atoms. The number of nitrogens with one attached hydrogen (secondary N) is 1. The van der Waals surface area contributed by atoms with Crippen molar-refractivity contribution in [2.75, 3.05) is 13.1 Å². The summed E-state index contributed by atoms with van der Waals surface area (Å²) < 4.78 is 5.09. The van der Waals surface area contributed by atoms with E-state index in [1.165, 1.54) is 0 Å². The summed E-state index contributed by atoms with van der Waals surface area (Å²) in [4.78, 5) is 25.1. The number of carbonyl (C=O) groups is 2. The van der Waals surface area contributed by atoms with E-state index in [1.807, 2.05) is 25.7 Å². The monoisotopic (exact) mass is 256 g/mol. The predicted molar refractivity (Wildman–Crippen MR) is 69.3 cm³/mol. The van der Waals surface area contributed by atoms with E-state index in [1.54, 1.807) is 0 Å². The van der Waals surface area contributed by atoms with Crippen molar-refractivity contribution in [2.45, 2.75) is 58.6 Å². The number of carbonyl (C=O) groups excluding carboxylic acids is 2. The van der Waals surface area contributed by atoms with E-state index in [4.69, 9.17) is 4.74 Å². The van der Waals surface area contributed by atoms with Crippen molar-refractivity contribution in [3.63, 3.8) is 0 Å². The molecular formula is C13H24N2O3. The van der Waals surface area contributed by atoms with Crippen LogP contribution in [-0.2, 0) is 9.53 Å². The maximum atomic E-state index is 11.9. The van der Waals surface area contributed by atoms with E-state index in [-0.39, 0.29) is 5.91 Å². The highest BCUT2D eigenvalue weighted by Crippen LogP contribution is 2.17. The van der Waals surface area contributed by atoms with Crippen molar-refractivity contribution in [1.82, 2.24) is 10.2 Å². The van der Waals surface area contributed by atoms with Crippen LogP contribution in [0.25, 0.3) is 0 Å². The van der Waals surface area contributed by atoms with Gasteiger partial charge in [-0.05, 0) is 40.5 Å². The smallest absolute Gasteiger partial charge is 0.407 e. The lowest BCUT2D eigenvalue weighted by molar-refractivity contribution is -0.131. The van der Waals surface area contributed by atoms with Crippen molar-refractivity contribution in [1.29, 1.82) is 0 Å². The van der Waals surface area contributed by atoms with Gasteiger partial charge in [-0.3, -0.25) is 4.79 Å². The second-order valence-electron chi connectivity index (χ2n) is 5.76. The van der Waals surface area contributed by atoms with Gasteiger partial charge in [0.05, 0.1) is 0 Å². The maximum absolute atomic E-state index is 11.9. The zero-order valence-electron chi connectivity index (χ0n) is 11.8. The third-order valence-electron chi connectivity index (χ3n) is 2.88. The highest BCUT2D eigenvalue weighted by Gasteiger charge is 2.24. The second-order valence-corrected chi connectivity index (χ2v) is 5.76. The van der Waals surface area contributed by atoms with Crippen molar-refractivity contribution >= 4 is 12.0 Å². The minimum atomic E-state index is -0.502. The molecule has 0 aliphatic carbocycles. The Hall–Kier alpha value is -1.26. The van der Waals surface area contributed by atoms with Crippen molar-refractivity contribution in [2.24, 2.45) is 0 Å². The van der Waals surface area contributed by atoms with Gasteiger partial charge in [0.25, 0.3) is 0 Å². The Balaban J connectivity index is 2.21. The molecule has 104 valence electrons. The van der Waals surface area contributed by atoms with Crippen molar-refractivity contribution in [3.05, 3.63) is 0 Å². The Morgan fingerprint density at radius 2 is 2.06 bits per heavy atom. The third-order valence-corrected chi connectivity index (χ3v) is 2.88. The molecule has 5 nitrogen and oxygen atoms in total. The molecule has 0 aromatic rings. The van der Waals surface area contributed by atoms with Gasteiger partial charge in [-0.25, -0.2) is 4.79 Å². The molecule has 5 heteroatoms. The lowest BCUT2D eigenvalue weighted by Gasteiger charge is -2.22. The van der Waals surface area contributed by atoms with Gasteiger partial charge in [-0.15, -0.1) is 0 Å². The normalized spacial score (nSPS) is 19.8. The number of hydrogen-bond donors (Lipinski definition) is 1. The molecule has 0 saturated carbocycles. The van der Waals surface area contributed by atoms with Crippen LogP contribution in [0, 0.1) is 0 Å². The standard InChI is InChI=1S/C13H24N2O3/c1-10-6-5-9-15(10)11(16)7-8-14-12(17)18-13(2,3)4/h10H,5-9H2,1-4H3,(H,14,17). The van der Waals surface area contributed by atoms with Crippen LogP contribution >= 0.6 is 0 Å². The number of alkyl carbamates (subject to hydrolysis) is 1. The number of rotatable bonds is 3. The van der Waals surface area contributed by atoms with Crippen LogP contribution in [0.3, 0.4) is 0 Å². The highest BCUT2D eigenvalue weighted by atomic mass is 16.6. The average Bonchev–Trinajstić information content (AvgIpc) is 2.61. The number of amides is 2. The summed E-state index contributed by atoms with van der Waals surface area (Å²) in [5.41, 5.74) is -0.502. The fourth-order valence-electron chi connectivity index (χ4n) is 2.03. The lowest BCUT2D eigenvalue weighted by Crippen LogP contribution is -2.38. The van der Waals surface area contributed by atoms with E-state index >= 15 is 0 Å². The molecule has 0 aromatic heterocycles. The van der Waals surface area contributed by atoms with Gasteiger partial charge in [-0.1, -0.05) is 0 Å². The van der Waals surface area contributed by atoms with Crippen LogP contribution in [0.2, 0.25) is 0 Å². The minimum absolute atomic E-state index is 0.107. The fraction of sp³-hybridized carbons (Fsp3) is 0.846. The molecule has 0 radical (unpaired) electrons. The molecule has 1 rings (SSSR count). The first-order chi connectivity index (χ1) is 8.29. The molecule has 1 atom stereocenters. The van der Waals surface area contributed by atoms with Crippen LogP contribution in [-0.4, -0.2) is 41.6 Å². The summed E-state index contributed by atoms with van der Waals surface area (Å²) in [6, 6.07) is 0.332. The van der Waals surface area contributed by atoms with E-state index in [0.717, 1.165) is 19.4 Å². The fourth-order valence-corrected chi connectivity index (χ4v) is 2.03. The maximum Gasteiger partial charge on any atom is 0.407 e. The molecule has 1 N–H and O–H groups in total. The van der Waals surface area contributed by atoms with Gasteiger partial charge in [-0.2, -0.15) is 0 Å². The highest BCUT2D eigenvalue weighted by molar-refractivity contribution is 5.77. The molecular weight excluding hydrogens is 232 g/mol. The van der Waals surface area contributed by atoms with E-state index in [2.05, 4.69) is 12.2 Å². The van der Waals surface area contributed by atoms with E-state index in [9.17, 15) is 9.59 Å². The van der Waals surface area contributed by atoms with Gasteiger partial charge < -0.3 is 15.0 Å². The Morgan fingerprint density at radius 3 is 2.56 bits per heavy atom. The van der Waals surface area contributed by atoms with Crippen LogP contribution < -0.4 is 5.32 Å². The molecule has 18 heavy (non-hydrogen) atoms. The summed E-state index contributed by atoms with van der Waals surface area (Å²) in [7, 11) is 0. The second kappa shape index (κ2) is 6.07. The molecule has 1 aliphatic heterocycles. The van der Waals surface area contributed by atoms with E-state index in [0.29, 0.717) is 19.0 Å². The lowest BCUT2D eigenvalue weighted by atomic mass is 10.2. The van der Waals surface area contributed by atoms with Gasteiger partial charge in [0.15, 0.2) is 0 Å². The summed E-state index contributed by atoms with van der Waals surface area (Å²) in [5.74, 6) is 0.107. The zero-order valence-corrected chi connectivity index (χ0v) is 11.8. The quantitative estimate of drug-likeness (QED) is 0.839. The number of likely N-dealkylation sites (tertiary alicyclic amines) is 1. The minimum Gasteiger partial charge on any atom is -0.444 e. The Bertz CT molecular complexity index is 310. The Morgan fingerprint density at radius 1 is 1.39 bits per heavy atom. The van der Waals surface area contributed by atoms with Crippen molar-refractivity contribution < 1.29 is 14.3 Å². The topological polar surface area (TPSA) is 58.6 Å².